The SMILES string of the molecule is CC(F)(F)C(=O)OC12CC3CC(C1)C(=O)C(C3)C2.CC(F)(F)C(=O)OCC12CC3CC(CC(C3)C1)C2.CC(F)(F)C(=O)OCC12CC3CC(CC(O)(C3)C1)C2.COC(=O)C(C)(F)F.O=C(C[S+]1CCCC1)c1ccccc1.O=C(C[S+]1CCCC1)c1ccccc1.c1ccc([S+](c2ccccc2)c2ccccc2)cc1.c1ccc([S+]2c3ccccc3Oc3ccccc32)cc1. The van der Waals surface area contributed by atoms with Gasteiger partial charge >= 0.3 is 47.6 Å². The second-order valence-electron chi connectivity index (χ2n) is 37.8. The van der Waals surface area contributed by atoms with Crippen LogP contribution >= 0.6 is 0 Å². The maximum absolute atomic E-state index is 12.9. The molecule has 8 aromatic rings. The molecule has 0 radical (unpaired) electrons. The third kappa shape index (κ3) is 26.6. The topological polar surface area (TPSA) is 186 Å². The van der Waals surface area contributed by atoms with Crippen LogP contribution in [0.4, 0.5) is 35.1 Å². The van der Waals surface area contributed by atoms with Crippen molar-refractivity contribution in [2.75, 3.05) is 54.8 Å². The first-order chi connectivity index (χ1) is 61.9. The molecule has 4 unspecified atom stereocenters. The molecule has 0 amide bonds. The number of esters is 4. The number of alkyl halides is 8. The molecule has 15 aliphatic rings. The lowest BCUT2D eigenvalue weighted by molar-refractivity contribution is -0.207. The van der Waals surface area contributed by atoms with Crippen molar-refractivity contribution in [3.63, 3.8) is 0 Å². The van der Waals surface area contributed by atoms with E-state index in [1.54, 1.807) is 0 Å². The molecule has 12 bridgehead atoms. The highest BCUT2D eigenvalue weighted by molar-refractivity contribution is 7.98. The molecule has 23 rings (SSSR count). The van der Waals surface area contributed by atoms with Gasteiger partial charge in [-0.15, -0.1) is 0 Å². The molecule has 14 fully saturated rings. The number of carbonyl (C=O) groups is 7. The Morgan fingerprint density at radius 3 is 1.09 bits per heavy atom. The zero-order valence-electron chi connectivity index (χ0n) is 74.6. The maximum atomic E-state index is 12.9. The largest absolute Gasteiger partial charge is 0.465 e. The Labute approximate surface area is 770 Å². The number of carbonyl (C=O) groups excluding carboxylic acids is 7. The molecule has 8 aromatic carbocycles. The number of hydrogen-bond donors (Lipinski definition) is 1. The van der Waals surface area contributed by atoms with Crippen LogP contribution in [0, 0.1) is 58.2 Å². The summed E-state index contributed by atoms with van der Waals surface area (Å²) in [6, 6.07) is 78.8. The number of ether oxygens (including phenoxy) is 5. The van der Waals surface area contributed by atoms with Gasteiger partial charge in [0, 0.05) is 61.5 Å². The van der Waals surface area contributed by atoms with E-state index in [1.807, 2.05) is 84.9 Å². The van der Waals surface area contributed by atoms with Crippen molar-refractivity contribution in [3.8, 4) is 11.5 Å². The third-order valence-electron chi connectivity index (χ3n) is 26.6. The molecular formula is C105H120F8O13S4+4. The lowest BCUT2D eigenvalue weighted by Gasteiger charge is -2.59. The fourth-order valence-electron chi connectivity index (χ4n) is 22.0. The number of ketones is 3. The quantitative estimate of drug-likeness (QED) is 0.0265. The van der Waals surface area contributed by atoms with Gasteiger partial charge in [-0.3, -0.25) is 14.4 Å². The van der Waals surface area contributed by atoms with Crippen LogP contribution in [-0.4, -0.2) is 136 Å². The molecule has 130 heavy (non-hydrogen) atoms. The van der Waals surface area contributed by atoms with Gasteiger partial charge in [-0.05, 0) is 265 Å². The average molecular weight is 1870 g/mol. The second kappa shape index (κ2) is 43.5. The molecule has 25 heteroatoms. The zero-order chi connectivity index (χ0) is 92.7. The summed E-state index contributed by atoms with van der Waals surface area (Å²) in [7, 11) is 1.60. The van der Waals surface area contributed by atoms with Crippen molar-refractivity contribution in [1.29, 1.82) is 0 Å². The van der Waals surface area contributed by atoms with E-state index in [2.05, 4.69) is 150 Å². The Kier molecular flexibility index (Phi) is 33.0. The lowest BCUT2D eigenvalue weighted by atomic mass is 9.48. The molecule has 12 aliphatic carbocycles. The standard InChI is InChI=1S/C18H13OS.C18H15S.C14H20F2O3.C14H20F2O2.C13H16F2O3.2C12H15OS.C4H6F2O2/c1-2-8-14(9-3-1)20-17-12-6-4-10-15(17)19-16-11-5-7-13-18(16)20;1-4-10-16(11-5-1)19(17-12-6-2-7-13-17)18-14-8-3-9-15-18;1-12(15,16)11(17)19-8-13-3-9-2-10(4-13)6-14(18,5-9)7-13;1-13(15,16)12(17)18-8-14-5-9-2-10(6-14)4-11(3-9)7-14;1-12(14,15)11(17)18-13-4-7-2-8(5-13)10(16)9(3-7)6-13;2*13-12(10-14-8-4-5-9-14)11-6-2-1-3-7-11;1-4(5,6)3(7)8-2/h1-13H;1-15H;9-10,18H,2-8H2,1H3;9-11H,2-8H2,1H3;7-9H,2-6H2,1H3;2*1-3,6-7H,4-5,8-10H2;1-2H3/q2*+1;;;;2*+1;. The molecule has 12 saturated carbocycles. The predicted molar refractivity (Wildman–Crippen MR) is 493 cm³/mol. The molecule has 694 valence electrons. The monoisotopic (exact) mass is 1870 g/mol. The summed E-state index contributed by atoms with van der Waals surface area (Å²) in [6.07, 6.45) is 20.8. The van der Waals surface area contributed by atoms with Crippen molar-refractivity contribution < 1.29 is 97.5 Å². The van der Waals surface area contributed by atoms with Crippen LogP contribution in [0.1, 0.15) is 183 Å². The minimum atomic E-state index is -3.45. The van der Waals surface area contributed by atoms with Crippen LogP contribution in [0.15, 0.2) is 260 Å². The van der Waals surface area contributed by atoms with Crippen LogP contribution in [0.25, 0.3) is 0 Å². The normalized spacial score (nSPS) is 26.1. The van der Waals surface area contributed by atoms with Crippen LogP contribution < -0.4 is 4.74 Å². The van der Waals surface area contributed by atoms with Gasteiger partial charge in [-0.2, -0.15) is 35.1 Å². The van der Waals surface area contributed by atoms with E-state index in [9.17, 15) is 73.8 Å². The molecule has 4 atom stereocenters. The number of aliphatic hydroxyl groups is 1. The van der Waals surface area contributed by atoms with Crippen LogP contribution in [-0.2, 0) is 86.5 Å². The summed E-state index contributed by atoms with van der Waals surface area (Å²) in [5.41, 5.74) is 0.0838. The summed E-state index contributed by atoms with van der Waals surface area (Å²) >= 11 is 0. The van der Waals surface area contributed by atoms with Crippen LogP contribution in [0.2, 0.25) is 0 Å². The number of methoxy groups -OCH3 is 1. The number of fused-ring (bicyclic) bond motifs is 2. The lowest BCUT2D eigenvalue weighted by Crippen LogP contribution is -2.57. The highest BCUT2D eigenvalue weighted by Crippen LogP contribution is 2.63. The number of benzene rings is 8. The highest BCUT2D eigenvalue weighted by Gasteiger charge is 2.60. The number of halogens is 8. The van der Waals surface area contributed by atoms with Gasteiger partial charge < -0.3 is 28.8 Å². The number of para-hydroxylation sites is 2. The van der Waals surface area contributed by atoms with E-state index in [0.29, 0.717) is 104 Å². The highest BCUT2D eigenvalue weighted by atomic mass is 32.2. The summed E-state index contributed by atoms with van der Waals surface area (Å²) in [6.45, 7) is 2.45. The van der Waals surface area contributed by atoms with E-state index in [4.69, 9.17) is 18.9 Å². The first-order valence-electron chi connectivity index (χ1n) is 45.4. The summed E-state index contributed by atoms with van der Waals surface area (Å²) in [5, 5.41) is 10.5. The van der Waals surface area contributed by atoms with Gasteiger partial charge in [0.05, 0.1) is 36.8 Å². The molecule has 1 N–H and O–H groups in total. The van der Waals surface area contributed by atoms with Crippen LogP contribution in [0.3, 0.4) is 0 Å². The zero-order valence-corrected chi connectivity index (χ0v) is 77.8. The predicted octanol–water partition coefficient (Wildman–Crippen LogP) is 23.3. The van der Waals surface area contributed by atoms with Gasteiger partial charge in [0.15, 0.2) is 42.6 Å². The third-order valence-corrected chi connectivity index (χ3v) is 35.9. The summed E-state index contributed by atoms with van der Waals surface area (Å²) < 4.78 is 125. The van der Waals surface area contributed by atoms with Gasteiger partial charge in [0.25, 0.3) is 0 Å². The number of Topliss-reactive ketones (excluding diaryl/α,β-unsaturated/α-hetero) is 3. The first-order valence-corrected chi connectivity index (χ1v) is 51.3. The molecular weight excluding hydrogens is 1750 g/mol. The van der Waals surface area contributed by atoms with E-state index in [0.717, 1.165) is 123 Å². The fourth-order valence-corrected chi connectivity index (χ4v) is 30.9. The van der Waals surface area contributed by atoms with Gasteiger partial charge in [-0.1, -0.05) is 158 Å². The summed E-state index contributed by atoms with van der Waals surface area (Å²) in [5.74, 6) is -6.45. The van der Waals surface area contributed by atoms with E-state index in [-0.39, 0.29) is 63.5 Å². The molecule has 2 saturated heterocycles. The fraction of sp³-hybridized carbons (Fsp3) is 0.476. The molecule has 0 aromatic heterocycles. The second-order valence-corrected chi connectivity index (χ2v) is 46.5. The van der Waals surface area contributed by atoms with E-state index >= 15 is 0 Å². The Balaban J connectivity index is 0.000000128. The van der Waals surface area contributed by atoms with Gasteiger partial charge in [0.2, 0.25) is 21.4 Å². The van der Waals surface area contributed by atoms with Crippen LogP contribution in [0.5, 0.6) is 11.5 Å². The first kappa shape index (κ1) is 98.7. The Bertz CT molecular complexity index is 4810. The van der Waals surface area contributed by atoms with Crippen molar-refractivity contribution in [2.24, 2.45) is 58.2 Å². The average Bonchev–Trinajstić information content (AvgIpc) is 1.08. The molecule has 3 heterocycles. The van der Waals surface area contributed by atoms with Crippen molar-refractivity contribution >= 4 is 84.8 Å². The minimum Gasteiger partial charge on any atom is -0.465 e. The van der Waals surface area contributed by atoms with Gasteiger partial charge in [-0.25, -0.2) is 19.2 Å². The Morgan fingerprint density at radius 1 is 0.400 bits per heavy atom. The molecule has 3 aliphatic heterocycles. The molecule has 0 spiro atoms. The Hall–Kier alpha value is -8.75. The van der Waals surface area contributed by atoms with E-state index < -0.39 is 58.8 Å². The van der Waals surface area contributed by atoms with E-state index in [1.165, 1.54) is 97.3 Å². The van der Waals surface area contributed by atoms with Crippen molar-refractivity contribution in [2.45, 2.75) is 227 Å². The minimum absolute atomic E-state index is 0.0146. The summed E-state index contributed by atoms with van der Waals surface area (Å²) in [4.78, 5) is 87.1. The van der Waals surface area contributed by atoms with Crippen molar-refractivity contribution in [3.05, 3.63) is 242 Å². The Morgan fingerprint density at radius 2 is 0.731 bits per heavy atom. The van der Waals surface area contributed by atoms with Gasteiger partial charge in [0.1, 0.15) is 45.3 Å². The number of rotatable bonds is 19. The maximum Gasteiger partial charge on any atom is 0.377 e. The van der Waals surface area contributed by atoms with Crippen molar-refractivity contribution in [1.82, 2.24) is 0 Å². The number of hydrogen-bond acceptors (Lipinski definition) is 13. The smallest absolute Gasteiger partial charge is 0.377 e. The molecule has 13 nitrogen and oxygen atoms in total.